The number of hydrogen-bond donors (Lipinski definition) is 3. The predicted molar refractivity (Wildman–Crippen MR) is 76.0 cm³/mol. The molecule has 0 radical (unpaired) electrons. The molecule has 0 aliphatic carbocycles. The van der Waals surface area contributed by atoms with Crippen molar-refractivity contribution in [3.05, 3.63) is 29.8 Å². The van der Waals surface area contributed by atoms with Crippen molar-refractivity contribution in [1.82, 2.24) is 0 Å². The van der Waals surface area contributed by atoms with Gasteiger partial charge in [0, 0.05) is 12.3 Å². The standard InChI is InChI=1S/C15H19NO5/c17-8-2-4-10-3-1-5-11(9-10)16-14(18)12-6-7-13(21-12)15(19)20/h1,3,5,9,12-13,17H,2,4,6-8H2,(H,16,18)(H,19,20). The molecule has 2 unspecified atom stereocenters. The summed E-state index contributed by atoms with van der Waals surface area (Å²) in [6, 6.07) is 7.37. The zero-order chi connectivity index (χ0) is 15.2. The van der Waals surface area contributed by atoms with Crippen molar-refractivity contribution in [2.45, 2.75) is 37.9 Å². The quantitative estimate of drug-likeness (QED) is 0.732. The molecule has 0 aromatic heterocycles. The molecule has 1 aromatic rings. The van der Waals surface area contributed by atoms with E-state index in [1.54, 1.807) is 6.07 Å². The molecule has 1 aliphatic rings. The molecule has 1 aromatic carbocycles. The Morgan fingerprint density at radius 1 is 1.29 bits per heavy atom. The number of aryl methyl sites for hydroxylation is 1. The summed E-state index contributed by atoms with van der Waals surface area (Å²) in [4.78, 5) is 22.8. The summed E-state index contributed by atoms with van der Waals surface area (Å²) in [5.41, 5.74) is 1.68. The number of anilines is 1. The zero-order valence-electron chi connectivity index (χ0n) is 11.6. The Morgan fingerprint density at radius 2 is 2.05 bits per heavy atom. The lowest BCUT2D eigenvalue weighted by Crippen LogP contribution is -2.29. The van der Waals surface area contributed by atoms with Crippen molar-refractivity contribution in [3.8, 4) is 0 Å². The van der Waals surface area contributed by atoms with Gasteiger partial charge in [-0.05, 0) is 43.4 Å². The van der Waals surface area contributed by atoms with E-state index in [9.17, 15) is 9.59 Å². The number of rotatable bonds is 6. The topological polar surface area (TPSA) is 95.9 Å². The minimum atomic E-state index is -1.03. The zero-order valence-corrected chi connectivity index (χ0v) is 11.6. The van der Waals surface area contributed by atoms with Gasteiger partial charge in [0.1, 0.15) is 6.10 Å². The summed E-state index contributed by atoms with van der Waals surface area (Å²) in [5, 5.41) is 20.4. The Morgan fingerprint density at radius 3 is 2.71 bits per heavy atom. The van der Waals surface area contributed by atoms with Crippen molar-refractivity contribution in [2.24, 2.45) is 0 Å². The molecule has 2 rings (SSSR count). The van der Waals surface area contributed by atoms with Gasteiger partial charge in [0.05, 0.1) is 0 Å². The monoisotopic (exact) mass is 293 g/mol. The van der Waals surface area contributed by atoms with Gasteiger partial charge < -0.3 is 20.3 Å². The van der Waals surface area contributed by atoms with Crippen molar-refractivity contribution >= 4 is 17.6 Å². The summed E-state index contributed by atoms with van der Waals surface area (Å²) in [7, 11) is 0. The number of benzene rings is 1. The van der Waals surface area contributed by atoms with Crippen LogP contribution in [-0.2, 0) is 20.7 Å². The molecule has 2 atom stereocenters. The Balaban J connectivity index is 1.92. The maximum absolute atomic E-state index is 12.0. The van der Waals surface area contributed by atoms with E-state index >= 15 is 0 Å². The Bertz CT molecular complexity index is 517. The van der Waals surface area contributed by atoms with Crippen LogP contribution in [0, 0.1) is 0 Å². The van der Waals surface area contributed by atoms with Gasteiger partial charge in [-0.2, -0.15) is 0 Å². The number of ether oxygens (including phenoxy) is 1. The second kappa shape index (κ2) is 7.19. The van der Waals surface area contributed by atoms with E-state index < -0.39 is 18.2 Å². The van der Waals surface area contributed by atoms with Gasteiger partial charge in [-0.3, -0.25) is 4.79 Å². The minimum Gasteiger partial charge on any atom is -0.479 e. The summed E-state index contributed by atoms with van der Waals surface area (Å²) in [6.07, 6.45) is 0.561. The number of aliphatic carboxylic acids is 1. The molecular formula is C15H19NO5. The molecule has 1 amide bonds. The number of hydrogen-bond acceptors (Lipinski definition) is 4. The maximum atomic E-state index is 12.0. The van der Waals surface area contributed by atoms with Gasteiger partial charge in [0.25, 0.3) is 5.91 Å². The summed E-state index contributed by atoms with van der Waals surface area (Å²) in [5.74, 6) is -1.35. The van der Waals surface area contributed by atoms with Crippen LogP contribution in [0.5, 0.6) is 0 Å². The first-order chi connectivity index (χ1) is 10.1. The fourth-order valence-electron chi connectivity index (χ4n) is 2.32. The van der Waals surface area contributed by atoms with Crippen molar-refractivity contribution in [2.75, 3.05) is 11.9 Å². The third-order valence-electron chi connectivity index (χ3n) is 3.41. The molecule has 0 spiro atoms. The van der Waals surface area contributed by atoms with Crippen LogP contribution >= 0.6 is 0 Å². The number of amides is 1. The molecule has 0 saturated carbocycles. The largest absolute Gasteiger partial charge is 0.479 e. The Kier molecular flexibility index (Phi) is 5.30. The minimum absolute atomic E-state index is 0.128. The second-order valence-electron chi connectivity index (χ2n) is 5.05. The van der Waals surface area contributed by atoms with E-state index in [4.69, 9.17) is 14.9 Å². The van der Waals surface area contributed by atoms with E-state index in [1.165, 1.54) is 0 Å². The van der Waals surface area contributed by atoms with Gasteiger partial charge >= 0.3 is 5.97 Å². The molecule has 1 aliphatic heterocycles. The van der Waals surface area contributed by atoms with Crippen LogP contribution < -0.4 is 5.32 Å². The first kappa shape index (κ1) is 15.5. The number of carbonyl (C=O) groups excluding carboxylic acids is 1. The van der Waals surface area contributed by atoms with Gasteiger partial charge in [-0.15, -0.1) is 0 Å². The average Bonchev–Trinajstić information content (AvgIpc) is 2.95. The van der Waals surface area contributed by atoms with E-state index in [-0.39, 0.29) is 12.5 Å². The summed E-state index contributed by atoms with van der Waals surface area (Å²) in [6.45, 7) is 0.128. The number of carbonyl (C=O) groups is 2. The highest BCUT2D eigenvalue weighted by Crippen LogP contribution is 2.21. The van der Waals surface area contributed by atoms with Crippen LogP contribution in [0.4, 0.5) is 5.69 Å². The molecular weight excluding hydrogens is 274 g/mol. The molecule has 1 saturated heterocycles. The lowest BCUT2D eigenvalue weighted by Gasteiger charge is -2.12. The van der Waals surface area contributed by atoms with Gasteiger partial charge in [0.15, 0.2) is 6.10 Å². The van der Waals surface area contributed by atoms with E-state index in [0.717, 1.165) is 12.0 Å². The highest BCUT2D eigenvalue weighted by Gasteiger charge is 2.34. The van der Waals surface area contributed by atoms with E-state index in [0.29, 0.717) is 24.9 Å². The summed E-state index contributed by atoms with van der Waals surface area (Å²) >= 11 is 0. The Labute approximate surface area is 122 Å². The van der Waals surface area contributed by atoms with Crippen molar-refractivity contribution in [3.63, 3.8) is 0 Å². The maximum Gasteiger partial charge on any atom is 0.332 e. The summed E-state index contributed by atoms with van der Waals surface area (Å²) < 4.78 is 5.21. The van der Waals surface area contributed by atoms with Gasteiger partial charge in [-0.25, -0.2) is 4.79 Å². The molecule has 1 fully saturated rings. The highest BCUT2D eigenvalue weighted by atomic mass is 16.5. The molecule has 6 nitrogen and oxygen atoms in total. The number of aliphatic hydroxyl groups is 1. The first-order valence-electron chi connectivity index (χ1n) is 6.99. The van der Waals surface area contributed by atoms with Crippen LogP contribution in [0.3, 0.4) is 0 Å². The lowest BCUT2D eigenvalue weighted by molar-refractivity contribution is -0.150. The third kappa shape index (κ3) is 4.27. The van der Waals surface area contributed by atoms with E-state index in [2.05, 4.69) is 5.32 Å². The van der Waals surface area contributed by atoms with Crippen LogP contribution in [0.1, 0.15) is 24.8 Å². The smallest absolute Gasteiger partial charge is 0.332 e. The predicted octanol–water partition coefficient (Wildman–Crippen LogP) is 1.18. The number of carboxylic acids is 1. The van der Waals surface area contributed by atoms with Crippen LogP contribution in [0.2, 0.25) is 0 Å². The number of carboxylic acid groups (broad SMARTS) is 1. The number of nitrogens with one attached hydrogen (secondary N) is 1. The molecule has 6 heteroatoms. The van der Waals surface area contributed by atoms with Gasteiger partial charge in [-0.1, -0.05) is 12.1 Å². The normalized spacial score (nSPS) is 21.2. The third-order valence-corrected chi connectivity index (χ3v) is 3.41. The van der Waals surface area contributed by atoms with Crippen molar-refractivity contribution < 1.29 is 24.5 Å². The first-order valence-corrected chi connectivity index (χ1v) is 6.99. The SMILES string of the molecule is O=C(O)C1CCC(C(=O)Nc2cccc(CCCO)c2)O1. The van der Waals surface area contributed by atoms with Gasteiger partial charge in [0.2, 0.25) is 0 Å². The number of aliphatic hydroxyl groups excluding tert-OH is 1. The molecule has 3 N–H and O–H groups in total. The second-order valence-corrected chi connectivity index (χ2v) is 5.05. The Hall–Kier alpha value is -1.92. The van der Waals surface area contributed by atoms with Crippen LogP contribution in [0.15, 0.2) is 24.3 Å². The molecule has 1 heterocycles. The fraction of sp³-hybridized carbons (Fsp3) is 0.467. The average molecular weight is 293 g/mol. The van der Waals surface area contributed by atoms with E-state index in [1.807, 2.05) is 18.2 Å². The lowest BCUT2D eigenvalue weighted by atomic mass is 10.1. The molecule has 21 heavy (non-hydrogen) atoms. The van der Waals surface area contributed by atoms with Crippen LogP contribution in [0.25, 0.3) is 0 Å². The highest BCUT2D eigenvalue weighted by molar-refractivity contribution is 5.94. The fourth-order valence-corrected chi connectivity index (χ4v) is 2.32. The van der Waals surface area contributed by atoms with Crippen molar-refractivity contribution in [1.29, 1.82) is 0 Å². The molecule has 0 bridgehead atoms. The molecule has 114 valence electrons. The van der Waals surface area contributed by atoms with Crippen LogP contribution in [-0.4, -0.2) is 40.9 Å².